The van der Waals surface area contributed by atoms with Crippen LogP contribution in [0.3, 0.4) is 0 Å². The van der Waals surface area contributed by atoms with Crippen molar-refractivity contribution in [3.05, 3.63) is 29.8 Å². The molecule has 0 unspecified atom stereocenters. The van der Waals surface area contributed by atoms with Crippen molar-refractivity contribution >= 4 is 11.9 Å². The molecule has 0 saturated carbocycles. The Bertz CT molecular complexity index is 385. The molecule has 0 amide bonds. The van der Waals surface area contributed by atoms with Gasteiger partial charge in [-0.25, -0.2) is 0 Å². The van der Waals surface area contributed by atoms with Gasteiger partial charge in [-0.2, -0.15) is 0 Å². The summed E-state index contributed by atoms with van der Waals surface area (Å²) in [6, 6.07) is 6.76. The second kappa shape index (κ2) is 5.16. The van der Waals surface area contributed by atoms with Crippen LogP contribution in [-0.4, -0.2) is 29.3 Å². The van der Waals surface area contributed by atoms with E-state index in [1.165, 1.54) is 7.11 Å². The Morgan fingerprint density at radius 3 is 2.31 bits per heavy atom. The molecule has 0 bridgehead atoms. The van der Waals surface area contributed by atoms with E-state index in [2.05, 4.69) is 0 Å². The molecule has 5 heteroatoms. The smallest absolute Gasteiger partial charge is 0.318 e. The number of ether oxygens (including phenoxy) is 1. The van der Waals surface area contributed by atoms with E-state index in [4.69, 9.17) is 14.9 Å². The molecule has 86 valence electrons. The standard InChI is InChI=1S/C11H12O5/c1-16-9-5-3-2-4-7(9)6-8(10(12)13)11(14)15/h2-5,8H,6H2,1H3,(H,12,13)(H,14,15). The van der Waals surface area contributed by atoms with Crippen molar-refractivity contribution in [2.75, 3.05) is 7.11 Å². The molecule has 0 heterocycles. The first kappa shape index (κ1) is 12.0. The van der Waals surface area contributed by atoms with Crippen LogP contribution >= 0.6 is 0 Å². The predicted octanol–water partition coefficient (Wildman–Crippen LogP) is 1.02. The zero-order valence-electron chi connectivity index (χ0n) is 8.71. The van der Waals surface area contributed by atoms with Crippen molar-refractivity contribution in [2.24, 2.45) is 5.92 Å². The molecule has 0 aromatic heterocycles. The fraction of sp³-hybridized carbons (Fsp3) is 0.273. The molecule has 0 aliphatic heterocycles. The third-order valence-electron chi connectivity index (χ3n) is 2.21. The lowest BCUT2D eigenvalue weighted by Gasteiger charge is -2.10. The Labute approximate surface area is 92.3 Å². The van der Waals surface area contributed by atoms with Gasteiger partial charge in [0.05, 0.1) is 7.11 Å². The van der Waals surface area contributed by atoms with E-state index >= 15 is 0 Å². The average molecular weight is 224 g/mol. The minimum Gasteiger partial charge on any atom is -0.496 e. The highest BCUT2D eigenvalue weighted by Crippen LogP contribution is 2.21. The minimum atomic E-state index is -1.45. The lowest BCUT2D eigenvalue weighted by molar-refractivity contribution is -0.154. The Balaban J connectivity index is 2.93. The van der Waals surface area contributed by atoms with Crippen molar-refractivity contribution in [1.82, 2.24) is 0 Å². The number of carboxylic acid groups (broad SMARTS) is 2. The number of aliphatic carboxylic acids is 2. The zero-order chi connectivity index (χ0) is 12.1. The Hall–Kier alpha value is -2.04. The van der Waals surface area contributed by atoms with E-state index in [1.54, 1.807) is 24.3 Å². The van der Waals surface area contributed by atoms with Crippen molar-refractivity contribution in [1.29, 1.82) is 0 Å². The van der Waals surface area contributed by atoms with Crippen LogP contribution in [0.2, 0.25) is 0 Å². The maximum atomic E-state index is 10.7. The van der Waals surface area contributed by atoms with Crippen molar-refractivity contribution in [3.63, 3.8) is 0 Å². The number of carboxylic acids is 2. The molecule has 1 rings (SSSR count). The molecule has 16 heavy (non-hydrogen) atoms. The zero-order valence-corrected chi connectivity index (χ0v) is 8.71. The molecule has 0 aliphatic carbocycles. The molecule has 0 saturated heterocycles. The number of methoxy groups -OCH3 is 1. The number of benzene rings is 1. The monoisotopic (exact) mass is 224 g/mol. The maximum absolute atomic E-state index is 10.7. The van der Waals surface area contributed by atoms with E-state index in [0.29, 0.717) is 11.3 Å². The van der Waals surface area contributed by atoms with Gasteiger partial charge in [-0.1, -0.05) is 18.2 Å². The van der Waals surface area contributed by atoms with E-state index in [9.17, 15) is 9.59 Å². The first-order valence-electron chi connectivity index (χ1n) is 4.63. The molecule has 2 N–H and O–H groups in total. The second-order valence-corrected chi connectivity index (χ2v) is 3.25. The number of para-hydroxylation sites is 1. The third-order valence-corrected chi connectivity index (χ3v) is 2.21. The summed E-state index contributed by atoms with van der Waals surface area (Å²) in [7, 11) is 1.45. The summed E-state index contributed by atoms with van der Waals surface area (Å²) in [5.74, 6) is -3.65. The largest absolute Gasteiger partial charge is 0.496 e. The Kier molecular flexibility index (Phi) is 3.88. The molecule has 0 aliphatic rings. The van der Waals surface area contributed by atoms with Gasteiger partial charge < -0.3 is 14.9 Å². The molecular formula is C11H12O5. The van der Waals surface area contributed by atoms with E-state index in [-0.39, 0.29) is 6.42 Å². The summed E-state index contributed by atoms with van der Waals surface area (Å²) in [5.41, 5.74) is 0.569. The van der Waals surface area contributed by atoms with Crippen LogP contribution in [-0.2, 0) is 16.0 Å². The number of rotatable bonds is 5. The van der Waals surface area contributed by atoms with Crippen LogP contribution in [0.4, 0.5) is 0 Å². The third kappa shape index (κ3) is 2.73. The highest BCUT2D eigenvalue weighted by atomic mass is 16.5. The summed E-state index contributed by atoms with van der Waals surface area (Å²) >= 11 is 0. The van der Waals surface area contributed by atoms with Crippen LogP contribution in [0.1, 0.15) is 5.56 Å². The van der Waals surface area contributed by atoms with Gasteiger partial charge >= 0.3 is 11.9 Å². The van der Waals surface area contributed by atoms with Crippen molar-refractivity contribution < 1.29 is 24.5 Å². The molecule has 1 aromatic carbocycles. The molecule has 1 aromatic rings. The van der Waals surface area contributed by atoms with Gasteiger partial charge in [-0.15, -0.1) is 0 Å². The van der Waals surface area contributed by atoms with Crippen LogP contribution < -0.4 is 4.74 Å². The number of hydrogen-bond acceptors (Lipinski definition) is 3. The number of hydrogen-bond donors (Lipinski definition) is 2. The van der Waals surface area contributed by atoms with Gasteiger partial charge in [0.25, 0.3) is 0 Å². The van der Waals surface area contributed by atoms with Gasteiger partial charge in [0.1, 0.15) is 5.75 Å². The molecule has 0 radical (unpaired) electrons. The fourth-order valence-electron chi connectivity index (χ4n) is 1.37. The number of carbonyl (C=O) groups is 2. The first-order valence-corrected chi connectivity index (χ1v) is 4.63. The quantitative estimate of drug-likeness (QED) is 0.729. The molecule has 0 spiro atoms. The van der Waals surface area contributed by atoms with Gasteiger partial charge in [0.15, 0.2) is 5.92 Å². The Morgan fingerprint density at radius 2 is 1.81 bits per heavy atom. The highest BCUT2D eigenvalue weighted by Gasteiger charge is 2.26. The lowest BCUT2D eigenvalue weighted by Crippen LogP contribution is -2.25. The minimum absolute atomic E-state index is 0.0886. The topological polar surface area (TPSA) is 83.8 Å². The molecule has 0 fully saturated rings. The lowest BCUT2D eigenvalue weighted by atomic mass is 9.99. The first-order chi connectivity index (χ1) is 7.56. The van der Waals surface area contributed by atoms with Gasteiger partial charge in [-0.3, -0.25) is 9.59 Å². The maximum Gasteiger partial charge on any atom is 0.318 e. The van der Waals surface area contributed by atoms with Gasteiger partial charge in [0, 0.05) is 0 Å². The van der Waals surface area contributed by atoms with Crippen LogP contribution in [0.25, 0.3) is 0 Å². The summed E-state index contributed by atoms with van der Waals surface area (Å²) in [5, 5.41) is 17.5. The highest BCUT2D eigenvalue weighted by molar-refractivity contribution is 5.93. The molecule has 0 atom stereocenters. The van der Waals surface area contributed by atoms with E-state index < -0.39 is 17.9 Å². The van der Waals surface area contributed by atoms with Gasteiger partial charge in [0.2, 0.25) is 0 Å². The normalized spacial score (nSPS) is 10.1. The average Bonchev–Trinajstić information content (AvgIpc) is 2.25. The van der Waals surface area contributed by atoms with Crippen LogP contribution in [0.5, 0.6) is 5.75 Å². The van der Waals surface area contributed by atoms with Crippen LogP contribution in [0.15, 0.2) is 24.3 Å². The van der Waals surface area contributed by atoms with E-state index in [1.807, 2.05) is 0 Å². The summed E-state index contributed by atoms with van der Waals surface area (Å²) < 4.78 is 5.02. The summed E-state index contributed by atoms with van der Waals surface area (Å²) in [6.45, 7) is 0. The van der Waals surface area contributed by atoms with E-state index in [0.717, 1.165) is 0 Å². The van der Waals surface area contributed by atoms with Crippen LogP contribution in [0, 0.1) is 5.92 Å². The predicted molar refractivity (Wildman–Crippen MR) is 55.5 cm³/mol. The summed E-state index contributed by atoms with van der Waals surface area (Å²) in [4.78, 5) is 21.4. The SMILES string of the molecule is COc1ccccc1CC(C(=O)O)C(=O)O. The Morgan fingerprint density at radius 1 is 1.25 bits per heavy atom. The van der Waals surface area contributed by atoms with Gasteiger partial charge in [-0.05, 0) is 18.1 Å². The second-order valence-electron chi connectivity index (χ2n) is 3.25. The van der Waals surface area contributed by atoms with Crippen molar-refractivity contribution in [2.45, 2.75) is 6.42 Å². The fourth-order valence-corrected chi connectivity index (χ4v) is 1.37. The summed E-state index contributed by atoms with van der Waals surface area (Å²) in [6.07, 6.45) is -0.0886. The molecule has 5 nitrogen and oxygen atoms in total. The van der Waals surface area contributed by atoms with Crippen molar-refractivity contribution in [3.8, 4) is 5.75 Å². The molecular weight excluding hydrogens is 212 g/mol.